The predicted octanol–water partition coefficient (Wildman–Crippen LogP) is 2.36. The summed E-state index contributed by atoms with van der Waals surface area (Å²) in [5.74, 6) is 0.0339. The van der Waals surface area contributed by atoms with Gasteiger partial charge in [-0.3, -0.25) is 0 Å². The van der Waals surface area contributed by atoms with Crippen LogP contribution in [0.15, 0.2) is 36.4 Å². The first-order valence-electron chi connectivity index (χ1n) is 6.24. The Labute approximate surface area is 115 Å². The molecule has 0 saturated carbocycles. The molecule has 5 nitrogen and oxygen atoms in total. The van der Waals surface area contributed by atoms with Crippen molar-refractivity contribution < 1.29 is 25.2 Å². The van der Waals surface area contributed by atoms with E-state index >= 15 is 0 Å². The van der Waals surface area contributed by atoms with Crippen molar-refractivity contribution in [2.75, 3.05) is 0 Å². The second kappa shape index (κ2) is 4.61. The van der Waals surface area contributed by atoms with E-state index in [4.69, 9.17) is 4.74 Å². The molecular formula is C15H14O5. The lowest BCUT2D eigenvalue weighted by molar-refractivity contribution is 0.0630. The van der Waals surface area contributed by atoms with Crippen LogP contribution in [0.2, 0.25) is 0 Å². The monoisotopic (exact) mass is 274 g/mol. The minimum absolute atomic E-state index is 0.116. The molecule has 0 fully saturated rings. The normalized spacial score (nSPS) is 21.1. The zero-order chi connectivity index (χ0) is 14.3. The minimum atomic E-state index is -0.897. The Kier molecular flexibility index (Phi) is 2.91. The molecule has 1 aliphatic heterocycles. The summed E-state index contributed by atoms with van der Waals surface area (Å²) in [6.45, 7) is 0. The van der Waals surface area contributed by atoms with Crippen LogP contribution in [0.4, 0.5) is 0 Å². The van der Waals surface area contributed by atoms with Crippen molar-refractivity contribution in [3.05, 3.63) is 47.5 Å². The van der Waals surface area contributed by atoms with E-state index < -0.39 is 12.2 Å². The van der Waals surface area contributed by atoms with Crippen molar-refractivity contribution in [3.8, 4) is 23.0 Å². The Bertz CT molecular complexity index is 653. The highest BCUT2D eigenvalue weighted by molar-refractivity contribution is 5.52. The molecule has 3 rings (SSSR count). The number of phenols is 3. The maximum absolute atomic E-state index is 10.1. The van der Waals surface area contributed by atoms with Gasteiger partial charge in [0.2, 0.25) is 0 Å². The van der Waals surface area contributed by atoms with Gasteiger partial charge < -0.3 is 25.2 Å². The van der Waals surface area contributed by atoms with Crippen LogP contribution < -0.4 is 4.74 Å². The summed E-state index contributed by atoms with van der Waals surface area (Å²) in [5, 5.41) is 38.9. The third-order valence-electron chi connectivity index (χ3n) is 3.39. The number of benzene rings is 2. The number of fused-ring (bicyclic) bond motifs is 1. The van der Waals surface area contributed by atoms with Crippen molar-refractivity contribution >= 4 is 0 Å². The SMILES string of the molecule is Oc1cccc(C2CC(O)c3c(O)cc(O)cc3O2)c1. The molecular weight excluding hydrogens is 260 g/mol. The van der Waals surface area contributed by atoms with Crippen LogP contribution in [0.1, 0.15) is 29.8 Å². The Balaban J connectivity index is 2.00. The predicted molar refractivity (Wildman–Crippen MR) is 70.8 cm³/mol. The smallest absolute Gasteiger partial charge is 0.133 e. The first kappa shape index (κ1) is 12.6. The highest BCUT2D eigenvalue weighted by Crippen LogP contribution is 2.46. The van der Waals surface area contributed by atoms with E-state index in [1.807, 2.05) is 0 Å². The van der Waals surface area contributed by atoms with Crippen LogP contribution >= 0.6 is 0 Å². The molecule has 2 aromatic rings. The average Bonchev–Trinajstić information content (AvgIpc) is 2.37. The molecule has 0 spiro atoms. The van der Waals surface area contributed by atoms with Gasteiger partial charge in [-0.25, -0.2) is 0 Å². The van der Waals surface area contributed by atoms with E-state index in [-0.39, 0.29) is 35.0 Å². The number of aliphatic hydroxyl groups excluding tert-OH is 1. The molecule has 2 aromatic carbocycles. The summed E-state index contributed by atoms with van der Waals surface area (Å²) < 4.78 is 5.71. The number of ether oxygens (including phenoxy) is 1. The topological polar surface area (TPSA) is 90.2 Å². The zero-order valence-corrected chi connectivity index (χ0v) is 10.5. The Morgan fingerprint density at radius 1 is 1.00 bits per heavy atom. The maximum Gasteiger partial charge on any atom is 0.133 e. The van der Waals surface area contributed by atoms with E-state index in [1.165, 1.54) is 12.1 Å². The fourth-order valence-electron chi connectivity index (χ4n) is 2.48. The molecule has 0 aliphatic carbocycles. The maximum atomic E-state index is 10.1. The third-order valence-corrected chi connectivity index (χ3v) is 3.39. The van der Waals surface area contributed by atoms with Crippen LogP contribution in [0.25, 0.3) is 0 Å². The standard InChI is InChI=1S/C15H14O5/c16-9-3-1-2-8(4-9)13-7-12(19)15-11(18)5-10(17)6-14(15)20-13/h1-6,12-13,16-19H,7H2. The highest BCUT2D eigenvalue weighted by atomic mass is 16.5. The van der Waals surface area contributed by atoms with E-state index in [1.54, 1.807) is 24.3 Å². The lowest BCUT2D eigenvalue weighted by Gasteiger charge is -2.30. The van der Waals surface area contributed by atoms with Crippen LogP contribution in [-0.4, -0.2) is 20.4 Å². The zero-order valence-electron chi connectivity index (χ0n) is 10.5. The molecule has 1 heterocycles. The number of rotatable bonds is 1. The van der Waals surface area contributed by atoms with Crippen molar-refractivity contribution in [3.63, 3.8) is 0 Å². The van der Waals surface area contributed by atoms with E-state index in [0.29, 0.717) is 0 Å². The number of aliphatic hydroxyl groups is 1. The van der Waals surface area contributed by atoms with Crippen molar-refractivity contribution in [1.82, 2.24) is 0 Å². The van der Waals surface area contributed by atoms with E-state index in [9.17, 15) is 20.4 Å². The summed E-state index contributed by atoms with van der Waals surface area (Å²) in [6.07, 6.45) is -1.09. The fraction of sp³-hybridized carbons (Fsp3) is 0.200. The molecule has 4 N–H and O–H groups in total. The number of phenolic OH excluding ortho intramolecular Hbond substituents is 3. The molecule has 20 heavy (non-hydrogen) atoms. The summed E-state index contributed by atoms with van der Waals surface area (Å²) in [6, 6.07) is 9.10. The highest BCUT2D eigenvalue weighted by Gasteiger charge is 2.31. The molecule has 0 aromatic heterocycles. The third kappa shape index (κ3) is 2.12. The van der Waals surface area contributed by atoms with E-state index in [0.717, 1.165) is 5.56 Å². The van der Waals surface area contributed by atoms with Crippen molar-refractivity contribution in [2.45, 2.75) is 18.6 Å². The van der Waals surface area contributed by atoms with Crippen LogP contribution in [0, 0.1) is 0 Å². The van der Waals surface area contributed by atoms with Gasteiger partial charge in [0.25, 0.3) is 0 Å². The summed E-state index contributed by atoms with van der Waals surface area (Å²) in [7, 11) is 0. The molecule has 0 amide bonds. The van der Waals surface area contributed by atoms with Gasteiger partial charge in [-0.05, 0) is 17.7 Å². The van der Waals surface area contributed by atoms with Crippen LogP contribution in [0.3, 0.4) is 0 Å². The fourth-order valence-corrected chi connectivity index (χ4v) is 2.48. The van der Waals surface area contributed by atoms with Crippen LogP contribution in [0.5, 0.6) is 23.0 Å². The van der Waals surface area contributed by atoms with E-state index in [2.05, 4.69) is 0 Å². The van der Waals surface area contributed by atoms with Gasteiger partial charge in [0.1, 0.15) is 29.1 Å². The first-order chi connectivity index (χ1) is 9.54. The summed E-state index contributed by atoms with van der Waals surface area (Å²) >= 11 is 0. The van der Waals surface area contributed by atoms with Crippen molar-refractivity contribution in [2.24, 2.45) is 0 Å². The van der Waals surface area contributed by atoms with Gasteiger partial charge in [0.15, 0.2) is 0 Å². The van der Waals surface area contributed by atoms with Gasteiger partial charge in [-0.1, -0.05) is 12.1 Å². The molecule has 1 aliphatic rings. The summed E-state index contributed by atoms with van der Waals surface area (Å²) in [5.41, 5.74) is 0.997. The number of aromatic hydroxyl groups is 3. The minimum Gasteiger partial charge on any atom is -0.508 e. The Morgan fingerprint density at radius 2 is 1.80 bits per heavy atom. The van der Waals surface area contributed by atoms with Crippen molar-refractivity contribution in [1.29, 1.82) is 0 Å². The molecule has 2 atom stereocenters. The van der Waals surface area contributed by atoms with Gasteiger partial charge >= 0.3 is 0 Å². The Hall–Kier alpha value is -2.40. The van der Waals surface area contributed by atoms with Gasteiger partial charge in [0, 0.05) is 18.6 Å². The number of hydrogen-bond donors (Lipinski definition) is 4. The molecule has 0 bridgehead atoms. The largest absolute Gasteiger partial charge is 0.508 e. The Morgan fingerprint density at radius 3 is 2.55 bits per heavy atom. The molecule has 104 valence electrons. The molecule has 0 radical (unpaired) electrons. The lowest BCUT2D eigenvalue weighted by atomic mass is 9.94. The van der Waals surface area contributed by atoms with Crippen LogP contribution in [-0.2, 0) is 0 Å². The molecule has 0 saturated heterocycles. The average molecular weight is 274 g/mol. The van der Waals surface area contributed by atoms with Gasteiger partial charge in [-0.15, -0.1) is 0 Å². The molecule has 5 heteroatoms. The van der Waals surface area contributed by atoms with Gasteiger partial charge in [0.05, 0.1) is 11.7 Å². The first-order valence-corrected chi connectivity index (χ1v) is 6.24. The lowest BCUT2D eigenvalue weighted by Crippen LogP contribution is -2.19. The van der Waals surface area contributed by atoms with Gasteiger partial charge in [-0.2, -0.15) is 0 Å². The number of hydrogen-bond acceptors (Lipinski definition) is 5. The molecule has 2 unspecified atom stereocenters. The summed E-state index contributed by atoms with van der Waals surface area (Å²) in [4.78, 5) is 0. The second-order valence-corrected chi connectivity index (χ2v) is 4.83. The second-order valence-electron chi connectivity index (χ2n) is 4.83. The quantitative estimate of drug-likeness (QED) is 0.641.